The Balaban J connectivity index is 1.89. The van der Waals surface area contributed by atoms with Crippen molar-refractivity contribution >= 4 is 41.4 Å². The normalized spacial score (nSPS) is 23.5. The maximum atomic E-state index is 13.4. The fourth-order valence-electron chi connectivity index (χ4n) is 4.60. The van der Waals surface area contributed by atoms with E-state index in [4.69, 9.17) is 25.8 Å². The molecule has 45 heavy (non-hydrogen) atoms. The number of methoxy groups -OCH3 is 1. The average molecular weight is 640 g/mol. The van der Waals surface area contributed by atoms with Gasteiger partial charge in [0.25, 0.3) is 0 Å². The van der Waals surface area contributed by atoms with Gasteiger partial charge in [-0.3, -0.25) is 19.4 Å². The van der Waals surface area contributed by atoms with Crippen molar-refractivity contribution in [1.29, 1.82) is 0 Å². The van der Waals surface area contributed by atoms with E-state index in [1.807, 2.05) is 45.1 Å². The quantitative estimate of drug-likeness (QED) is 0.397. The standard InChI is InChI=1S/C34H42ClN3O7/c1-21(2)16-30-34(42)44-28(22(3)11-12-24-8-7-15-36-20-24)9-6-10-31(39)38-27(32(40)37-19-23(4)33(41)45-30)18-25-13-14-29(43-5)26(35)17-25/h6-8,10-15,17,20-23,27-28,30H,9,16,18-19H2,1-5H3,(H,37,40)(H,38,39)/b10-6-,12-11+/t22-,23-,27-,28+,30+/m1/s1. The van der Waals surface area contributed by atoms with Crippen LogP contribution in [0.1, 0.15) is 51.7 Å². The van der Waals surface area contributed by atoms with Gasteiger partial charge < -0.3 is 24.8 Å². The molecule has 0 spiro atoms. The lowest BCUT2D eigenvalue weighted by Gasteiger charge is -2.26. The van der Waals surface area contributed by atoms with Gasteiger partial charge in [-0.15, -0.1) is 0 Å². The smallest absolute Gasteiger partial charge is 0.347 e. The highest BCUT2D eigenvalue weighted by molar-refractivity contribution is 6.32. The number of ether oxygens (including phenoxy) is 3. The first kappa shape index (κ1) is 35.3. The molecule has 2 amide bonds. The van der Waals surface area contributed by atoms with E-state index < -0.39 is 47.9 Å². The molecule has 242 valence electrons. The van der Waals surface area contributed by atoms with Crippen LogP contribution in [-0.4, -0.2) is 60.6 Å². The molecule has 5 atom stereocenters. The minimum absolute atomic E-state index is 0.0353. The molecule has 11 heteroatoms. The SMILES string of the molecule is COc1ccc(C[C@H]2NC(=O)/C=C\C[C@@H]([C@H](C)/C=C/c3cccnc3)OC(=O)[C@H](CC(C)C)OC(=O)[C@H](C)CNC2=O)cc1Cl. The van der Waals surface area contributed by atoms with E-state index in [1.165, 1.54) is 13.2 Å². The highest BCUT2D eigenvalue weighted by Gasteiger charge is 2.31. The number of pyridine rings is 1. The summed E-state index contributed by atoms with van der Waals surface area (Å²) in [6, 6.07) is 7.86. The highest BCUT2D eigenvalue weighted by Crippen LogP contribution is 2.26. The number of hydrogen-bond acceptors (Lipinski definition) is 8. The van der Waals surface area contributed by atoms with E-state index in [2.05, 4.69) is 15.6 Å². The van der Waals surface area contributed by atoms with E-state index in [0.717, 1.165) is 5.56 Å². The van der Waals surface area contributed by atoms with Crippen molar-refractivity contribution in [3.63, 3.8) is 0 Å². The lowest BCUT2D eigenvalue weighted by molar-refractivity contribution is -0.175. The van der Waals surface area contributed by atoms with Crippen LogP contribution in [-0.2, 0) is 35.1 Å². The molecule has 2 N–H and O–H groups in total. The van der Waals surface area contributed by atoms with E-state index in [9.17, 15) is 19.2 Å². The van der Waals surface area contributed by atoms with Gasteiger partial charge in [-0.1, -0.05) is 69.7 Å². The minimum Gasteiger partial charge on any atom is -0.495 e. The van der Waals surface area contributed by atoms with Gasteiger partial charge in [0.05, 0.1) is 18.1 Å². The molecule has 2 heterocycles. The van der Waals surface area contributed by atoms with Crippen LogP contribution in [0.4, 0.5) is 0 Å². The molecule has 1 aromatic carbocycles. The number of cyclic esters (lactones) is 2. The van der Waals surface area contributed by atoms with Crippen LogP contribution in [0.5, 0.6) is 5.75 Å². The van der Waals surface area contributed by atoms with E-state index in [-0.39, 0.29) is 37.6 Å². The summed E-state index contributed by atoms with van der Waals surface area (Å²) >= 11 is 6.29. The predicted molar refractivity (Wildman–Crippen MR) is 171 cm³/mol. The number of esters is 2. The van der Waals surface area contributed by atoms with Crippen molar-refractivity contribution in [3.8, 4) is 5.75 Å². The van der Waals surface area contributed by atoms with Crippen LogP contribution in [0.25, 0.3) is 6.08 Å². The third-order valence-corrected chi connectivity index (χ3v) is 7.54. The first-order valence-electron chi connectivity index (χ1n) is 15.0. The van der Waals surface area contributed by atoms with Crippen LogP contribution in [0.3, 0.4) is 0 Å². The number of hydrogen-bond donors (Lipinski definition) is 2. The molecular weight excluding hydrogens is 598 g/mol. The maximum absolute atomic E-state index is 13.4. The Morgan fingerprint density at radius 3 is 2.56 bits per heavy atom. The van der Waals surface area contributed by atoms with Gasteiger partial charge in [0.15, 0.2) is 6.10 Å². The fourth-order valence-corrected chi connectivity index (χ4v) is 4.88. The molecule has 0 fully saturated rings. The van der Waals surface area contributed by atoms with Crippen LogP contribution in [0.2, 0.25) is 5.02 Å². The van der Waals surface area contributed by atoms with Crippen LogP contribution >= 0.6 is 11.6 Å². The largest absolute Gasteiger partial charge is 0.495 e. The number of rotatable bonds is 8. The van der Waals surface area contributed by atoms with E-state index >= 15 is 0 Å². The Kier molecular flexibility index (Phi) is 13.6. The van der Waals surface area contributed by atoms with Gasteiger partial charge >= 0.3 is 11.9 Å². The van der Waals surface area contributed by atoms with Crippen molar-refractivity contribution in [1.82, 2.24) is 15.6 Å². The molecule has 0 saturated carbocycles. The summed E-state index contributed by atoms with van der Waals surface area (Å²) in [5.74, 6) is -2.82. The Labute approximate surface area is 269 Å². The summed E-state index contributed by atoms with van der Waals surface area (Å²) < 4.78 is 16.8. The number of benzene rings is 1. The van der Waals surface area contributed by atoms with Crippen LogP contribution in [0.15, 0.2) is 61.0 Å². The zero-order valence-corrected chi connectivity index (χ0v) is 27.1. The Morgan fingerprint density at radius 2 is 1.89 bits per heavy atom. The zero-order valence-electron chi connectivity index (χ0n) is 26.3. The molecule has 3 rings (SSSR count). The molecule has 2 aromatic rings. The first-order chi connectivity index (χ1) is 21.5. The fraction of sp³-hybridized carbons (Fsp3) is 0.441. The maximum Gasteiger partial charge on any atom is 0.347 e. The number of nitrogens with zero attached hydrogens (tertiary/aromatic N) is 1. The van der Waals surface area contributed by atoms with Crippen molar-refractivity contribution in [2.75, 3.05) is 13.7 Å². The van der Waals surface area contributed by atoms with Crippen molar-refractivity contribution in [3.05, 3.63) is 77.1 Å². The van der Waals surface area contributed by atoms with Gasteiger partial charge in [-0.2, -0.15) is 0 Å². The number of carbonyl (C=O) groups excluding carboxylic acids is 4. The lowest BCUT2D eigenvalue weighted by Crippen LogP contribution is -2.49. The zero-order chi connectivity index (χ0) is 32.9. The Bertz CT molecular complexity index is 1380. The molecule has 0 aliphatic carbocycles. The molecule has 0 unspecified atom stereocenters. The number of amides is 2. The summed E-state index contributed by atoms with van der Waals surface area (Å²) in [5, 5.41) is 5.84. The third-order valence-electron chi connectivity index (χ3n) is 7.25. The Morgan fingerprint density at radius 1 is 1.11 bits per heavy atom. The third kappa shape index (κ3) is 11.4. The van der Waals surface area contributed by atoms with Gasteiger partial charge in [-0.25, -0.2) is 4.79 Å². The molecule has 1 aromatic heterocycles. The molecule has 1 aliphatic heterocycles. The van der Waals surface area contributed by atoms with Crippen molar-refractivity contribution in [2.24, 2.45) is 17.8 Å². The summed E-state index contributed by atoms with van der Waals surface area (Å²) in [6.07, 6.45) is 8.88. The average Bonchev–Trinajstić information content (AvgIpc) is 3.01. The summed E-state index contributed by atoms with van der Waals surface area (Å²) in [7, 11) is 1.50. The predicted octanol–water partition coefficient (Wildman–Crippen LogP) is 4.70. The second kappa shape index (κ2) is 17.3. The second-order valence-corrected chi connectivity index (χ2v) is 12.0. The summed E-state index contributed by atoms with van der Waals surface area (Å²) in [6.45, 7) is 7.25. The number of nitrogens with one attached hydrogen (secondary N) is 2. The molecule has 0 saturated heterocycles. The van der Waals surface area contributed by atoms with E-state index in [1.54, 1.807) is 43.6 Å². The van der Waals surface area contributed by atoms with E-state index in [0.29, 0.717) is 16.3 Å². The van der Waals surface area contributed by atoms with Crippen molar-refractivity contribution in [2.45, 2.75) is 65.2 Å². The van der Waals surface area contributed by atoms with Gasteiger partial charge in [0, 0.05) is 37.7 Å². The minimum atomic E-state index is -1.12. The Hall–Kier alpha value is -4.18. The molecular formula is C34H42ClN3O7. The van der Waals surface area contributed by atoms with Gasteiger partial charge in [0.1, 0.15) is 17.9 Å². The monoisotopic (exact) mass is 639 g/mol. The second-order valence-electron chi connectivity index (χ2n) is 11.6. The number of aromatic nitrogens is 1. The number of halogens is 1. The van der Waals surface area contributed by atoms with Crippen molar-refractivity contribution < 1.29 is 33.4 Å². The lowest BCUT2D eigenvalue weighted by atomic mass is 9.99. The van der Waals surface area contributed by atoms with Gasteiger partial charge in [-0.05, 0) is 47.7 Å². The number of carbonyl (C=O) groups is 4. The topological polar surface area (TPSA) is 133 Å². The summed E-state index contributed by atoms with van der Waals surface area (Å²) in [5.41, 5.74) is 1.58. The molecule has 1 aliphatic rings. The first-order valence-corrected chi connectivity index (χ1v) is 15.4. The molecule has 10 nitrogen and oxygen atoms in total. The van der Waals surface area contributed by atoms with Crippen LogP contribution < -0.4 is 15.4 Å². The molecule has 0 radical (unpaired) electrons. The molecule has 0 bridgehead atoms. The highest BCUT2D eigenvalue weighted by atomic mass is 35.5. The van der Waals surface area contributed by atoms with Gasteiger partial charge in [0.2, 0.25) is 11.8 Å². The summed E-state index contributed by atoms with van der Waals surface area (Å²) in [4.78, 5) is 56.8. The van der Waals surface area contributed by atoms with Crippen LogP contribution in [0, 0.1) is 17.8 Å².